The van der Waals surface area contributed by atoms with Gasteiger partial charge in [0.2, 0.25) is 0 Å². The van der Waals surface area contributed by atoms with E-state index in [0.717, 1.165) is 73.1 Å². The minimum atomic E-state index is 0.751. The quantitative estimate of drug-likeness (QED) is 0.858. The van der Waals surface area contributed by atoms with Crippen molar-refractivity contribution in [1.82, 2.24) is 24.6 Å². The summed E-state index contributed by atoms with van der Waals surface area (Å²) >= 11 is 6.13. The second-order valence-corrected chi connectivity index (χ2v) is 7.45. The molecule has 0 radical (unpaired) electrons. The summed E-state index contributed by atoms with van der Waals surface area (Å²) < 4.78 is 1.94. The molecule has 0 atom stereocenters. The van der Waals surface area contributed by atoms with E-state index in [2.05, 4.69) is 33.2 Å². The molecule has 1 fully saturated rings. The van der Waals surface area contributed by atoms with Crippen LogP contribution in [0.25, 0.3) is 16.6 Å². The Bertz CT molecular complexity index is 889. The molecule has 1 aliphatic carbocycles. The first kappa shape index (κ1) is 18.2. The van der Waals surface area contributed by atoms with E-state index in [-0.39, 0.29) is 0 Å². The Hall–Kier alpha value is -2.15. The lowest BCUT2D eigenvalue weighted by Crippen LogP contribution is -2.45. The lowest BCUT2D eigenvalue weighted by Gasteiger charge is -2.32. The number of pyridine rings is 1. The van der Waals surface area contributed by atoms with Gasteiger partial charge in [-0.2, -0.15) is 0 Å². The highest BCUT2D eigenvalue weighted by molar-refractivity contribution is 6.31. The number of hydrogen-bond acceptors (Lipinski definition) is 5. The third kappa shape index (κ3) is 4.24. The number of piperazine rings is 1. The molecular formula is C20H25ClN6. The third-order valence-corrected chi connectivity index (χ3v) is 5.38. The van der Waals surface area contributed by atoms with Crippen LogP contribution in [0.3, 0.4) is 0 Å². The standard InChI is InChI=1S/C20H25ClN6/c1-25-11-13-26(14-12-25)10-9-23-20-18-7-8-22-15-19(18)27(24-20)17-4-2-3-16(21)5-6-17/h3-8,15H,2,9-14H2,1H3,(H,23,24). The van der Waals surface area contributed by atoms with Crippen molar-refractivity contribution in [2.45, 2.75) is 6.42 Å². The Labute approximate surface area is 164 Å². The SMILES string of the molecule is CN1CCN(CCNc2nn(C3=CCC=C(Cl)C=C3)c3cnccc23)CC1. The Morgan fingerprint density at radius 3 is 2.85 bits per heavy atom. The van der Waals surface area contributed by atoms with Crippen LogP contribution in [0.2, 0.25) is 0 Å². The van der Waals surface area contributed by atoms with Gasteiger partial charge in [-0.05, 0) is 31.7 Å². The zero-order chi connectivity index (χ0) is 18.6. The first-order valence-electron chi connectivity index (χ1n) is 9.42. The summed E-state index contributed by atoms with van der Waals surface area (Å²) in [5, 5.41) is 10.2. The van der Waals surface area contributed by atoms with Gasteiger partial charge in [-0.15, -0.1) is 5.10 Å². The van der Waals surface area contributed by atoms with Crippen LogP contribution in [0.5, 0.6) is 0 Å². The molecule has 0 bridgehead atoms. The van der Waals surface area contributed by atoms with Crippen LogP contribution in [0.1, 0.15) is 6.42 Å². The number of nitrogens with zero attached hydrogens (tertiary/aromatic N) is 5. The Morgan fingerprint density at radius 2 is 2.00 bits per heavy atom. The smallest absolute Gasteiger partial charge is 0.156 e. The van der Waals surface area contributed by atoms with Gasteiger partial charge in [0.1, 0.15) is 0 Å². The van der Waals surface area contributed by atoms with E-state index in [9.17, 15) is 0 Å². The summed E-state index contributed by atoms with van der Waals surface area (Å²) in [4.78, 5) is 9.16. The molecule has 6 nitrogen and oxygen atoms in total. The van der Waals surface area contributed by atoms with Crippen molar-refractivity contribution in [2.24, 2.45) is 0 Å². The number of halogens is 1. The van der Waals surface area contributed by atoms with Gasteiger partial charge in [0, 0.05) is 55.9 Å². The van der Waals surface area contributed by atoms with Crippen LogP contribution in [-0.4, -0.2) is 70.9 Å². The van der Waals surface area contributed by atoms with E-state index in [1.165, 1.54) is 0 Å². The molecule has 1 aliphatic heterocycles. The molecule has 0 spiro atoms. The molecule has 2 aromatic heterocycles. The largest absolute Gasteiger partial charge is 0.367 e. The minimum absolute atomic E-state index is 0.751. The molecule has 1 N–H and O–H groups in total. The van der Waals surface area contributed by atoms with Gasteiger partial charge in [-0.1, -0.05) is 23.8 Å². The molecule has 0 amide bonds. The van der Waals surface area contributed by atoms with Crippen molar-refractivity contribution in [2.75, 3.05) is 51.6 Å². The van der Waals surface area contributed by atoms with Crippen molar-refractivity contribution in [1.29, 1.82) is 0 Å². The van der Waals surface area contributed by atoms with E-state index in [1.807, 2.05) is 41.4 Å². The molecule has 2 aromatic rings. The van der Waals surface area contributed by atoms with Crippen molar-refractivity contribution in [3.8, 4) is 0 Å². The average molecular weight is 385 g/mol. The Balaban J connectivity index is 1.50. The minimum Gasteiger partial charge on any atom is -0.367 e. The first-order chi connectivity index (χ1) is 13.2. The second-order valence-electron chi connectivity index (χ2n) is 7.01. The van der Waals surface area contributed by atoms with Crippen LogP contribution < -0.4 is 5.32 Å². The fourth-order valence-corrected chi connectivity index (χ4v) is 3.60. The molecule has 0 aromatic carbocycles. The maximum absolute atomic E-state index is 6.13. The van der Waals surface area contributed by atoms with Crippen LogP contribution in [-0.2, 0) is 0 Å². The van der Waals surface area contributed by atoms with E-state index < -0.39 is 0 Å². The van der Waals surface area contributed by atoms with E-state index in [1.54, 1.807) is 0 Å². The number of allylic oxidation sites excluding steroid dienone is 6. The molecule has 3 heterocycles. The lowest BCUT2D eigenvalue weighted by atomic mass is 10.3. The van der Waals surface area contributed by atoms with Gasteiger partial charge in [-0.3, -0.25) is 9.88 Å². The molecule has 0 unspecified atom stereocenters. The topological polar surface area (TPSA) is 49.2 Å². The van der Waals surface area contributed by atoms with Gasteiger partial charge < -0.3 is 10.2 Å². The van der Waals surface area contributed by atoms with Crippen LogP contribution >= 0.6 is 11.6 Å². The van der Waals surface area contributed by atoms with Crippen molar-refractivity contribution in [3.05, 3.63) is 47.8 Å². The summed E-state index contributed by atoms with van der Waals surface area (Å²) in [6.45, 7) is 6.43. The maximum Gasteiger partial charge on any atom is 0.156 e. The predicted molar refractivity (Wildman–Crippen MR) is 112 cm³/mol. The molecule has 2 aliphatic rings. The summed E-state index contributed by atoms with van der Waals surface area (Å²) in [7, 11) is 2.18. The fourth-order valence-electron chi connectivity index (χ4n) is 3.44. The molecule has 27 heavy (non-hydrogen) atoms. The fraction of sp³-hybridized carbons (Fsp3) is 0.400. The highest BCUT2D eigenvalue weighted by Crippen LogP contribution is 2.26. The summed E-state index contributed by atoms with van der Waals surface area (Å²) in [6.07, 6.45) is 12.5. The zero-order valence-corrected chi connectivity index (χ0v) is 16.4. The number of fused-ring (bicyclic) bond motifs is 1. The molecular weight excluding hydrogens is 360 g/mol. The Morgan fingerprint density at radius 1 is 1.15 bits per heavy atom. The van der Waals surface area contributed by atoms with E-state index >= 15 is 0 Å². The maximum atomic E-state index is 6.13. The highest BCUT2D eigenvalue weighted by atomic mass is 35.5. The zero-order valence-electron chi connectivity index (χ0n) is 15.6. The van der Waals surface area contributed by atoms with Crippen LogP contribution in [0, 0.1) is 0 Å². The van der Waals surface area contributed by atoms with Gasteiger partial charge in [-0.25, -0.2) is 4.68 Å². The molecule has 4 rings (SSSR count). The lowest BCUT2D eigenvalue weighted by molar-refractivity contribution is 0.158. The predicted octanol–water partition coefficient (Wildman–Crippen LogP) is 3.01. The molecule has 0 saturated carbocycles. The van der Waals surface area contributed by atoms with Crippen LogP contribution in [0.4, 0.5) is 5.82 Å². The number of anilines is 1. The van der Waals surface area contributed by atoms with Crippen molar-refractivity contribution >= 4 is 34.0 Å². The average Bonchev–Trinajstić information content (AvgIpc) is 2.90. The summed E-state index contributed by atoms with van der Waals surface area (Å²) in [5.74, 6) is 0.902. The Kier molecular flexibility index (Phi) is 5.57. The van der Waals surface area contributed by atoms with E-state index in [4.69, 9.17) is 16.7 Å². The molecule has 142 valence electrons. The first-order valence-corrected chi connectivity index (χ1v) is 9.80. The number of hydrogen-bond donors (Lipinski definition) is 1. The third-order valence-electron chi connectivity index (χ3n) is 5.10. The number of rotatable bonds is 5. The normalized spacial score (nSPS) is 19.0. The summed E-state index contributed by atoms with van der Waals surface area (Å²) in [6, 6.07) is 2.02. The number of likely N-dealkylation sites (N-methyl/N-ethyl adjacent to an activating group) is 1. The van der Waals surface area contributed by atoms with Gasteiger partial charge in [0.05, 0.1) is 17.4 Å². The van der Waals surface area contributed by atoms with E-state index in [0.29, 0.717) is 0 Å². The highest BCUT2D eigenvalue weighted by Gasteiger charge is 2.15. The van der Waals surface area contributed by atoms with Gasteiger partial charge in [0.25, 0.3) is 0 Å². The van der Waals surface area contributed by atoms with Crippen molar-refractivity contribution < 1.29 is 0 Å². The number of aromatic nitrogens is 3. The van der Waals surface area contributed by atoms with Crippen molar-refractivity contribution in [3.63, 3.8) is 0 Å². The van der Waals surface area contributed by atoms with Crippen LogP contribution in [0.15, 0.2) is 47.8 Å². The van der Waals surface area contributed by atoms with Gasteiger partial charge in [0.15, 0.2) is 5.82 Å². The molecule has 1 saturated heterocycles. The molecule has 7 heteroatoms. The van der Waals surface area contributed by atoms with Gasteiger partial charge >= 0.3 is 0 Å². The summed E-state index contributed by atoms with van der Waals surface area (Å²) in [5.41, 5.74) is 2.00. The number of nitrogens with one attached hydrogen (secondary N) is 1. The second kappa shape index (κ2) is 8.25. The monoisotopic (exact) mass is 384 g/mol.